The third-order valence-electron chi connectivity index (χ3n) is 7.85. The highest BCUT2D eigenvalue weighted by Gasteiger charge is 2.45. The van der Waals surface area contributed by atoms with Crippen LogP contribution >= 0.6 is 11.6 Å². The van der Waals surface area contributed by atoms with Crippen molar-refractivity contribution in [2.75, 3.05) is 56.6 Å². The fraction of sp³-hybridized carbons (Fsp3) is 0.708. The molecular formula is C24H33ClF3N4O4S-. The minimum atomic E-state index is -4.58. The summed E-state index contributed by atoms with van der Waals surface area (Å²) in [6.07, 6.45) is -4.31. The summed E-state index contributed by atoms with van der Waals surface area (Å²) in [5.74, 6) is 0.0369. The van der Waals surface area contributed by atoms with Crippen LogP contribution in [0.3, 0.4) is 0 Å². The van der Waals surface area contributed by atoms with E-state index in [0.29, 0.717) is 63.7 Å². The summed E-state index contributed by atoms with van der Waals surface area (Å²) < 4.78 is 64.9. The zero-order chi connectivity index (χ0) is 26.8. The molecule has 0 aromatic heterocycles. The summed E-state index contributed by atoms with van der Waals surface area (Å²) in [6.45, 7) is 5.75. The van der Waals surface area contributed by atoms with Gasteiger partial charge in [0.15, 0.2) is 6.10 Å². The predicted molar refractivity (Wildman–Crippen MR) is 134 cm³/mol. The number of carbonyl (C=O) groups excluding carboxylic acids is 1. The number of hydrogen-bond acceptors (Lipinski definition) is 7. The largest absolute Gasteiger partial charge is 0.771 e. The van der Waals surface area contributed by atoms with E-state index in [1.807, 2.05) is 23.1 Å². The highest BCUT2D eigenvalue weighted by atomic mass is 35.5. The Morgan fingerprint density at radius 3 is 2.43 bits per heavy atom. The third kappa shape index (κ3) is 6.70. The Hall–Kier alpha value is -1.60. The van der Waals surface area contributed by atoms with E-state index < -0.39 is 29.5 Å². The number of alkyl halides is 3. The SMILES string of the molecule is CC(OC(=O)N1CCC2(CCCN2Cc2cccc(N3CCN(CS(=O)[O-])CC3)c2Cl)CC1)C(F)(F)F. The maximum Gasteiger partial charge on any atom is 0.425 e. The number of benzene rings is 1. The Labute approximate surface area is 222 Å². The van der Waals surface area contributed by atoms with Gasteiger partial charge < -0.3 is 19.1 Å². The highest BCUT2D eigenvalue weighted by Crippen LogP contribution is 2.41. The molecule has 0 aliphatic carbocycles. The van der Waals surface area contributed by atoms with Gasteiger partial charge in [0.1, 0.15) is 0 Å². The molecule has 0 radical (unpaired) electrons. The van der Waals surface area contributed by atoms with E-state index >= 15 is 0 Å². The van der Waals surface area contributed by atoms with Crippen LogP contribution in [0, 0.1) is 0 Å². The molecule has 3 heterocycles. The summed E-state index contributed by atoms with van der Waals surface area (Å²) in [7, 11) is 0. The summed E-state index contributed by atoms with van der Waals surface area (Å²) in [6, 6.07) is 5.98. The second-order valence-electron chi connectivity index (χ2n) is 10.1. The average Bonchev–Trinajstić information content (AvgIpc) is 3.21. The van der Waals surface area contributed by atoms with Gasteiger partial charge in [0.2, 0.25) is 0 Å². The molecular weight excluding hydrogens is 533 g/mol. The molecule has 4 rings (SSSR count). The Kier molecular flexibility index (Phi) is 8.94. The van der Waals surface area contributed by atoms with E-state index in [4.69, 9.17) is 11.6 Å². The predicted octanol–water partition coefficient (Wildman–Crippen LogP) is 3.82. The molecule has 13 heteroatoms. The van der Waals surface area contributed by atoms with E-state index in [2.05, 4.69) is 14.5 Å². The summed E-state index contributed by atoms with van der Waals surface area (Å²) in [5.41, 5.74) is 1.82. The number of rotatable bonds is 6. The second kappa shape index (κ2) is 11.6. The van der Waals surface area contributed by atoms with Gasteiger partial charge in [-0.15, -0.1) is 0 Å². The van der Waals surface area contributed by atoms with Crippen LogP contribution in [0.15, 0.2) is 18.2 Å². The van der Waals surface area contributed by atoms with Gasteiger partial charge in [0, 0.05) is 51.4 Å². The lowest BCUT2D eigenvalue weighted by atomic mass is 9.85. The number of ether oxygens (including phenoxy) is 1. The number of halogens is 4. The van der Waals surface area contributed by atoms with Crippen LogP contribution in [0.1, 0.15) is 38.2 Å². The Morgan fingerprint density at radius 1 is 1.14 bits per heavy atom. The third-order valence-corrected chi connectivity index (χ3v) is 8.86. The molecule has 1 aromatic carbocycles. The molecule has 3 saturated heterocycles. The zero-order valence-electron chi connectivity index (χ0n) is 20.8. The van der Waals surface area contributed by atoms with Crippen LogP contribution in [0.4, 0.5) is 23.7 Å². The Balaban J connectivity index is 1.37. The first-order valence-corrected chi connectivity index (χ1v) is 14.2. The van der Waals surface area contributed by atoms with E-state index in [0.717, 1.165) is 37.6 Å². The number of carbonyl (C=O) groups is 1. The molecule has 3 aliphatic rings. The van der Waals surface area contributed by atoms with Gasteiger partial charge in [-0.2, -0.15) is 13.2 Å². The van der Waals surface area contributed by atoms with Gasteiger partial charge in [-0.1, -0.05) is 23.7 Å². The number of nitrogens with zero attached hydrogens (tertiary/aromatic N) is 4. The van der Waals surface area contributed by atoms with Crippen LogP contribution in [-0.4, -0.2) is 99.1 Å². The molecule has 2 unspecified atom stereocenters. The number of amides is 1. The molecule has 3 aliphatic heterocycles. The molecule has 2 atom stereocenters. The van der Waals surface area contributed by atoms with Crippen molar-refractivity contribution in [2.24, 2.45) is 0 Å². The van der Waals surface area contributed by atoms with Crippen molar-refractivity contribution in [1.29, 1.82) is 0 Å². The van der Waals surface area contributed by atoms with Crippen LogP contribution in [0.2, 0.25) is 5.02 Å². The summed E-state index contributed by atoms with van der Waals surface area (Å²) in [4.78, 5) is 20.1. The smallest absolute Gasteiger partial charge is 0.425 e. The molecule has 0 saturated carbocycles. The first-order chi connectivity index (χ1) is 17.5. The van der Waals surface area contributed by atoms with Crippen molar-refractivity contribution in [3.8, 4) is 0 Å². The van der Waals surface area contributed by atoms with Crippen molar-refractivity contribution in [3.63, 3.8) is 0 Å². The molecule has 1 amide bonds. The number of likely N-dealkylation sites (tertiary alicyclic amines) is 2. The van der Waals surface area contributed by atoms with Crippen molar-refractivity contribution in [2.45, 2.75) is 57.0 Å². The van der Waals surface area contributed by atoms with Gasteiger partial charge in [-0.25, -0.2) is 4.79 Å². The monoisotopic (exact) mass is 565 g/mol. The number of piperazine rings is 1. The number of anilines is 1. The van der Waals surface area contributed by atoms with Gasteiger partial charge in [-0.05, 0) is 61.9 Å². The second-order valence-corrected chi connectivity index (χ2v) is 11.3. The minimum absolute atomic E-state index is 0.0369. The van der Waals surface area contributed by atoms with Crippen LogP contribution in [-0.2, 0) is 22.4 Å². The van der Waals surface area contributed by atoms with Gasteiger partial charge in [0.05, 0.1) is 16.6 Å². The molecule has 8 nitrogen and oxygen atoms in total. The number of piperidine rings is 1. The molecule has 0 N–H and O–H groups in total. The Morgan fingerprint density at radius 2 is 1.81 bits per heavy atom. The molecule has 1 spiro atoms. The van der Waals surface area contributed by atoms with Crippen molar-refractivity contribution < 1.29 is 31.5 Å². The van der Waals surface area contributed by atoms with E-state index in [1.54, 1.807) is 0 Å². The fourth-order valence-electron chi connectivity index (χ4n) is 5.61. The molecule has 208 valence electrons. The van der Waals surface area contributed by atoms with E-state index in [1.165, 1.54) is 4.90 Å². The van der Waals surface area contributed by atoms with Crippen molar-refractivity contribution in [1.82, 2.24) is 14.7 Å². The Bertz CT molecular complexity index is 985. The van der Waals surface area contributed by atoms with Gasteiger partial charge in [-0.3, -0.25) is 14.0 Å². The van der Waals surface area contributed by atoms with Gasteiger partial charge >= 0.3 is 12.3 Å². The summed E-state index contributed by atoms with van der Waals surface area (Å²) >= 11 is 4.78. The van der Waals surface area contributed by atoms with Gasteiger partial charge in [0.25, 0.3) is 0 Å². The van der Waals surface area contributed by atoms with Crippen LogP contribution in [0.25, 0.3) is 0 Å². The lowest BCUT2D eigenvalue weighted by Gasteiger charge is -2.45. The number of hydrogen-bond donors (Lipinski definition) is 0. The first kappa shape index (κ1) is 28.4. The fourth-order valence-corrected chi connectivity index (χ4v) is 6.47. The highest BCUT2D eigenvalue weighted by molar-refractivity contribution is 7.79. The first-order valence-electron chi connectivity index (χ1n) is 12.6. The van der Waals surface area contributed by atoms with Crippen LogP contribution in [0.5, 0.6) is 0 Å². The average molecular weight is 566 g/mol. The van der Waals surface area contributed by atoms with Crippen molar-refractivity contribution in [3.05, 3.63) is 28.8 Å². The lowest BCUT2D eigenvalue weighted by molar-refractivity contribution is -0.200. The van der Waals surface area contributed by atoms with E-state index in [-0.39, 0.29) is 11.4 Å². The topological polar surface area (TPSA) is 79.4 Å². The quantitative estimate of drug-likeness (QED) is 0.485. The maximum atomic E-state index is 12.8. The van der Waals surface area contributed by atoms with E-state index in [9.17, 15) is 26.7 Å². The standard InChI is InChI=1S/C24H34ClF3N4O4S/c1-18(24(26,27)28)36-22(33)31-10-7-23(8-11-31)6-3-9-32(23)16-19-4-2-5-20(21(19)25)30-14-12-29(13-15-30)17-37(34)35/h2,4-5,18H,3,6-17H2,1H3,(H,34,35)/p-1. The molecule has 1 aromatic rings. The maximum absolute atomic E-state index is 12.8. The minimum Gasteiger partial charge on any atom is -0.771 e. The molecule has 0 bridgehead atoms. The summed E-state index contributed by atoms with van der Waals surface area (Å²) in [5, 5.41) is 0.688. The molecule has 37 heavy (non-hydrogen) atoms. The molecule has 3 fully saturated rings. The lowest BCUT2D eigenvalue weighted by Crippen LogP contribution is -2.53. The van der Waals surface area contributed by atoms with Crippen LogP contribution < -0.4 is 4.90 Å². The van der Waals surface area contributed by atoms with Crippen molar-refractivity contribution >= 4 is 34.5 Å². The normalized spacial score (nSPS) is 22.9. The zero-order valence-corrected chi connectivity index (χ0v) is 22.4.